The minimum Gasteiger partial charge on any atom is -0.357 e. The molecule has 1 heterocycles. The van der Waals surface area contributed by atoms with Crippen LogP contribution in [0.2, 0.25) is 5.02 Å². The molecular formula is C18H23ClN4OS. The Kier molecular flexibility index (Phi) is 7.76. The summed E-state index contributed by atoms with van der Waals surface area (Å²) in [7, 11) is 0. The van der Waals surface area contributed by atoms with Crippen LogP contribution in [0.1, 0.15) is 27.0 Å². The van der Waals surface area contributed by atoms with Gasteiger partial charge in [0.25, 0.3) is 5.91 Å². The average molecular weight is 379 g/mol. The molecule has 0 saturated heterocycles. The van der Waals surface area contributed by atoms with E-state index in [-0.39, 0.29) is 5.91 Å². The number of carbonyl (C=O) groups excluding carboxylic acids is 1. The number of halogens is 1. The van der Waals surface area contributed by atoms with Gasteiger partial charge in [-0.25, -0.2) is 4.99 Å². The largest absolute Gasteiger partial charge is 0.357 e. The molecule has 0 fully saturated rings. The lowest BCUT2D eigenvalue weighted by Gasteiger charge is -2.12. The lowest BCUT2D eigenvalue weighted by Crippen LogP contribution is -2.41. The molecule has 1 aromatic carbocycles. The minimum absolute atomic E-state index is 0.177. The standard InChI is InChI=1S/C18H23ClN4OS/c1-3-20-18(23-12-14-9-8-13(2)25-14)22-11-10-21-17(24)15-6-4-5-7-16(15)19/h4-9H,3,10-12H2,1-2H3,(H,21,24)(H2,20,22,23). The van der Waals surface area contributed by atoms with E-state index in [1.54, 1.807) is 35.6 Å². The number of aliphatic imine (C=N–C) groups is 1. The van der Waals surface area contributed by atoms with E-state index in [9.17, 15) is 4.79 Å². The molecule has 5 nitrogen and oxygen atoms in total. The van der Waals surface area contributed by atoms with Crippen molar-refractivity contribution in [2.24, 2.45) is 4.99 Å². The molecule has 0 spiro atoms. The summed E-state index contributed by atoms with van der Waals surface area (Å²) in [6.07, 6.45) is 0. The summed E-state index contributed by atoms with van der Waals surface area (Å²) in [5, 5.41) is 9.71. The summed E-state index contributed by atoms with van der Waals surface area (Å²) < 4.78 is 0. The summed E-state index contributed by atoms with van der Waals surface area (Å²) in [5.74, 6) is 0.559. The highest BCUT2D eigenvalue weighted by molar-refractivity contribution is 7.11. The van der Waals surface area contributed by atoms with E-state index in [0.717, 1.165) is 12.5 Å². The summed E-state index contributed by atoms with van der Waals surface area (Å²) >= 11 is 7.77. The van der Waals surface area contributed by atoms with E-state index in [4.69, 9.17) is 11.6 Å². The molecule has 0 saturated carbocycles. The van der Waals surface area contributed by atoms with Crippen molar-refractivity contribution >= 4 is 34.8 Å². The van der Waals surface area contributed by atoms with Crippen LogP contribution < -0.4 is 16.0 Å². The van der Waals surface area contributed by atoms with E-state index in [2.05, 4.69) is 40.0 Å². The lowest BCUT2D eigenvalue weighted by molar-refractivity contribution is 0.0954. The summed E-state index contributed by atoms with van der Waals surface area (Å²) in [4.78, 5) is 19.1. The molecule has 2 rings (SSSR count). The van der Waals surface area contributed by atoms with E-state index >= 15 is 0 Å². The van der Waals surface area contributed by atoms with Crippen LogP contribution in [0.3, 0.4) is 0 Å². The number of nitrogens with one attached hydrogen (secondary N) is 3. The Balaban J connectivity index is 1.79. The van der Waals surface area contributed by atoms with Gasteiger partial charge < -0.3 is 16.0 Å². The van der Waals surface area contributed by atoms with Crippen LogP contribution in [0, 0.1) is 6.92 Å². The fourth-order valence-corrected chi connectivity index (χ4v) is 3.20. The molecular weight excluding hydrogens is 356 g/mol. The van der Waals surface area contributed by atoms with Gasteiger partial charge in [-0.05, 0) is 38.1 Å². The molecule has 134 valence electrons. The first-order valence-electron chi connectivity index (χ1n) is 8.20. The van der Waals surface area contributed by atoms with E-state index in [1.165, 1.54) is 9.75 Å². The molecule has 3 N–H and O–H groups in total. The van der Waals surface area contributed by atoms with Gasteiger partial charge in [0.1, 0.15) is 0 Å². The Morgan fingerprint density at radius 1 is 1.12 bits per heavy atom. The van der Waals surface area contributed by atoms with Crippen LogP contribution in [0.5, 0.6) is 0 Å². The normalized spacial score (nSPS) is 11.2. The van der Waals surface area contributed by atoms with Crippen LogP contribution >= 0.6 is 22.9 Å². The summed E-state index contributed by atoms with van der Waals surface area (Å²) in [6, 6.07) is 11.2. The Morgan fingerprint density at radius 3 is 2.56 bits per heavy atom. The predicted molar refractivity (Wildman–Crippen MR) is 106 cm³/mol. The first-order chi connectivity index (χ1) is 12.1. The number of guanidine groups is 1. The lowest BCUT2D eigenvalue weighted by atomic mass is 10.2. The molecule has 0 aliphatic heterocycles. The molecule has 1 amide bonds. The first kappa shape index (κ1) is 19.3. The van der Waals surface area contributed by atoms with Crippen molar-refractivity contribution in [1.82, 2.24) is 16.0 Å². The highest BCUT2D eigenvalue weighted by Crippen LogP contribution is 2.15. The van der Waals surface area contributed by atoms with Crippen LogP contribution in [0.25, 0.3) is 0 Å². The van der Waals surface area contributed by atoms with Gasteiger partial charge >= 0.3 is 0 Å². The van der Waals surface area contributed by atoms with Gasteiger partial charge in [-0.15, -0.1) is 11.3 Å². The van der Waals surface area contributed by atoms with Gasteiger partial charge in [-0.1, -0.05) is 23.7 Å². The van der Waals surface area contributed by atoms with Crippen LogP contribution in [-0.2, 0) is 6.54 Å². The molecule has 0 radical (unpaired) electrons. The summed E-state index contributed by atoms with van der Waals surface area (Å²) in [6.45, 7) is 6.58. The zero-order chi connectivity index (χ0) is 18.1. The predicted octanol–water partition coefficient (Wildman–Crippen LogP) is 3.20. The number of rotatable bonds is 7. The molecule has 0 unspecified atom stereocenters. The zero-order valence-electron chi connectivity index (χ0n) is 14.4. The monoisotopic (exact) mass is 378 g/mol. The number of thiophene rings is 1. The third kappa shape index (κ3) is 6.40. The van der Waals surface area contributed by atoms with E-state index in [0.29, 0.717) is 30.2 Å². The Morgan fingerprint density at radius 2 is 1.88 bits per heavy atom. The highest BCUT2D eigenvalue weighted by atomic mass is 35.5. The maximum absolute atomic E-state index is 12.1. The van der Waals surface area contributed by atoms with Crippen molar-refractivity contribution in [3.8, 4) is 0 Å². The van der Waals surface area contributed by atoms with Gasteiger partial charge in [0.05, 0.1) is 17.1 Å². The number of hydrogen-bond donors (Lipinski definition) is 3. The SMILES string of the molecule is CCNC(=NCc1ccc(C)s1)NCCNC(=O)c1ccccc1Cl. The Bertz CT molecular complexity index is 729. The van der Waals surface area contributed by atoms with Crippen LogP contribution in [0.4, 0.5) is 0 Å². The van der Waals surface area contributed by atoms with E-state index < -0.39 is 0 Å². The Hall–Kier alpha value is -2.05. The number of amides is 1. The van der Waals surface area contributed by atoms with Gasteiger partial charge in [0.2, 0.25) is 0 Å². The molecule has 0 aliphatic rings. The maximum Gasteiger partial charge on any atom is 0.252 e. The summed E-state index contributed by atoms with van der Waals surface area (Å²) in [5.41, 5.74) is 0.484. The highest BCUT2D eigenvalue weighted by Gasteiger charge is 2.08. The second kappa shape index (κ2) is 10.1. The number of carbonyl (C=O) groups is 1. The Labute approximate surface area is 157 Å². The average Bonchev–Trinajstić information content (AvgIpc) is 3.02. The van der Waals surface area contributed by atoms with Gasteiger partial charge in [0.15, 0.2) is 5.96 Å². The molecule has 0 bridgehead atoms. The van der Waals surface area contributed by atoms with Crippen molar-refractivity contribution in [3.05, 3.63) is 56.7 Å². The molecule has 7 heteroatoms. The van der Waals surface area contributed by atoms with Gasteiger partial charge in [-0.2, -0.15) is 0 Å². The number of benzene rings is 1. The maximum atomic E-state index is 12.1. The van der Waals surface area contributed by atoms with Gasteiger partial charge in [0, 0.05) is 29.4 Å². The molecule has 2 aromatic rings. The fourth-order valence-electron chi connectivity index (χ4n) is 2.17. The van der Waals surface area contributed by atoms with Crippen molar-refractivity contribution in [1.29, 1.82) is 0 Å². The van der Waals surface area contributed by atoms with Crippen molar-refractivity contribution in [3.63, 3.8) is 0 Å². The quantitative estimate of drug-likeness (QED) is 0.394. The number of hydrogen-bond acceptors (Lipinski definition) is 3. The number of aryl methyl sites for hydroxylation is 1. The molecule has 0 atom stereocenters. The molecule has 1 aromatic heterocycles. The second-order valence-corrected chi connectivity index (χ2v) is 7.15. The second-order valence-electron chi connectivity index (χ2n) is 5.37. The number of nitrogens with zero attached hydrogens (tertiary/aromatic N) is 1. The van der Waals surface area contributed by atoms with Gasteiger partial charge in [-0.3, -0.25) is 4.79 Å². The minimum atomic E-state index is -0.177. The van der Waals surface area contributed by atoms with Crippen molar-refractivity contribution < 1.29 is 4.79 Å². The van der Waals surface area contributed by atoms with Crippen LogP contribution in [0.15, 0.2) is 41.4 Å². The molecule has 0 aliphatic carbocycles. The molecule has 25 heavy (non-hydrogen) atoms. The zero-order valence-corrected chi connectivity index (χ0v) is 16.0. The smallest absolute Gasteiger partial charge is 0.252 e. The first-order valence-corrected chi connectivity index (χ1v) is 9.40. The van der Waals surface area contributed by atoms with E-state index in [1.807, 2.05) is 6.92 Å². The third-order valence-corrected chi connectivity index (χ3v) is 4.67. The third-order valence-electron chi connectivity index (χ3n) is 3.35. The van der Waals surface area contributed by atoms with Crippen LogP contribution in [-0.4, -0.2) is 31.5 Å². The van der Waals surface area contributed by atoms with Crippen molar-refractivity contribution in [2.45, 2.75) is 20.4 Å². The topological polar surface area (TPSA) is 65.5 Å². The fraction of sp³-hybridized carbons (Fsp3) is 0.333. The van der Waals surface area contributed by atoms with Crippen molar-refractivity contribution in [2.75, 3.05) is 19.6 Å².